The Balaban J connectivity index is 2.86. The third kappa shape index (κ3) is 15.8. The quantitative estimate of drug-likeness (QED) is 0.448. The molecule has 5 nitrogen and oxygen atoms in total. The second kappa shape index (κ2) is 16.8. The molecule has 0 aromatic heterocycles. The molecule has 18 heavy (non-hydrogen) atoms. The Morgan fingerprint density at radius 1 is 0.667 bits per heavy atom. The maximum Gasteiger partial charge on any atom is 0.0700 e. The number of hydrogen-bond acceptors (Lipinski definition) is 5. The van der Waals surface area contributed by atoms with E-state index in [4.69, 9.17) is 18.9 Å². The van der Waals surface area contributed by atoms with E-state index in [0.717, 1.165) is 58.8 Å². The van der Waals surface area contributed by atoms with Crippen molar-refractivity contribution in [3.05, 3.63) is 0 Å². The van der Waals surface area contributed by atoms with Crippen molar-refractivity contribution >= 4 is 0 Å². The predicted molar refractivity (Wildman–Crippen MR) is 72.1 cm³/mol. The van der Waals surface area contributed by atoms with Crippen molar-refractivity contribution in [1.29, 1.82) is 0 Å². The molecule has 1 N–H and O–H groups in total. The molecule has 0 aliphatic rings. The van der Waals surface area contributed by atoms with Crippen LogP contribution in [0.3, 0.4) is 0 Å². The lowest BCUT2D eigenvalue weighted by molar-refractivity contribution is 0.0300. The predicted octanol–water partition coefficient (Wildman–Crippen LogP) is 1.07. The molecule has 0 aliphatic carbocycles. The van der Waals surface area contributed by atoms with Gasteiger partial charge < -0.3 is 24.3 Å². The molecule has 0 aliphatic heterocycles. The van der Waals surface area contributed by atoms with Crippen LogP contribution in [0.2, 0.25) is 0 Å². The Bertz CT molecular complexity index is 131. The minimum absolute atomic E-state index is 0.659. The van der Waals surface area contributed by atoms with Crippen molar-refractivity contribution in [2.75, 3.05) is 67.0 Å². The van der Waals surface area contributed by atoms with Gasteiger partial charge in [0.2, 0.25) is 0 Å². The van der Waals surface area contributed by atoms with Gasteiger partial charge >= 0.3 is 0 Å². The maximum atomic E-state index is 5.44. The molecule has 0 fully saturated rings. The molecule has 0 saturated heterocycles. The van der Waals surface area contributed by atoms with Gasteiger partial charge in [-0.1, -0.05) is 0 Å². The lowest BCUT2D eigenvalue weighted by Crippen LogP contribution is -2.11. The largest absolute Gasteiger partial charge is 0.385 e. The maximum absolute atomic E-state index is 5.44. The molecule has 0 rings (SSSR count). The van der Waals surface area contributed by atoms with E-state index in [1.165, 1.54) is 0 Å². The first-order chi connectivity index (χ1) is 8.91. The first kappa shape index (κ1) is 17.8. The average molecular weight is 263 g/mol. The Labute approximate surface area is 111 Å². The Kier molecular flexibility index (Phi) is 16.6. The number of rotatable bonds is 15. The standard InChI is InChI=1S/C13H29NO4/c1-14-6-3-8-16-10-5-11-18-13-12-17-9-4-7-15-2/h14H,3-13H2,1-2H3. The van der Waals surface area contributed by atoms with Crippen LogP contribution in [0.15, 0.2) is 0 Å². The van der Waals surface area contributed by atoms with Crippen LogP contribution < -0.4 is 5.32 Å². The van der Waals surface area contributed by atoms with Crippen molar-refractivity contribution in [2.45, 2.75) is 19.3 Å². The first-order valence-corrected chi connectivity index (χ1v) is 6.78. The zero-order valence-electron chi connectivity index (χ0n) is 11.9. The second-order valence-corrected chi connectivity index (χ2v) is 3.99. The van der Waals surface area contributed by atoms with E-state index < -0.39 is 0 Å². The Morgan fingerprint density at radius 3 is 1.72 bits per heavy atom. The van der Waals surface area contributed by atoms with Gasteiger partial charge in [0.05, 0.1) is 13.2 Å². The van der Waals surface area contributed by atoms with E-state index in [1.54, 1.807) is 7.11 Å². The van der Waals surface area contributed by atoms with Gasteiger partial charge in [-0.3, -0.25) is 0 Å². The molecule has 110 valence electrons. The normalized spacial score (nSPS) is 11.0. The van der Waals surface area contributed by atoms with Gasteiger partial charge in [0.25, 0.3) is 0 Å². The molecule has 0 atom stereocenters. The summed E-state index contributed by atoms with van der Waals surface area (Å²) in [6.45, 7) is 6.17. The summed E-state index contributed by atoms with van der Waals surface area (Å²) in [5.74, 6) is 0. The third-order valence-electron chi connectivity index (χ3n) is 2.30. The lowest BCUT2D eigenvalue weighted by atomic mass is 10.4. The molecule has 0 amide bonds. The Morgan fingerprint density at radius 2 is 1.17 bits per heavy atom. The number of nitrogens with one attached hydrogen (secondary N) is 1. The Hall–Kier alpha value is -0.200. The number of hydrogen-bond donors (Lipinski definition) is 1. The van der Waals surface area contributed by atoms with Crippen LogP contribution in [-0.4, -0.2) is 67.0 Å². The summed E-state index contributed by atoms with van der Waals surface area (Å²) in [5.41, 5.74) is 0. The molecular weight excluding hydrogens is 234 g/mol. The van der Waals surface area contributed by atoms with Gasteiger partial charge in [0.1, 0.15) is 0 Å². The SMILES string of the molecule is CNCCCOCCCOCCOCCCOC. The molecule has 0 bridgehead atoms. The van der Waals surface area contributed by atoms with Crippen molar-refractivity contribution < 1.29 is 18.9 Å². The summed E-state index contributed by atoms with van der Waals surface area (Å²) >= 11 is 0. The molecule has 0 aromatic carbocycles. The average Bonchev–Trinajstić information content (AvgIpc) is 2.39. The summed E-state index contributed by atoms with van der Waals surface area (Å²) in [4.78, 5) is 0. The van der Waals surface area contributed by atoms with E-state index in [-0.39, 0.29) is 0 Å². The number of methoxy groups -OCH3 is 1. The summed E-state index contributed by atoms with van der Waals surface area (Å²) in [5, 5.41) is 3.08. The van der Waals surface area contributed by atoms with E-state index in [9.17, 15) is 0 Å². The molecule has 0 heterocycles. The highest BCUT2D eigenvalue weighted by atomic mass is 16.5. The van der Waals surface area contributed by atoms with Gasteiger partial charge in [-0.25, -0.2) is 0 Å². The van der Waals surface area contributed by atoms with Crippen LogP contribution in [0, 0.1) is 0 Å². The highest BCUT2D eigenvalue weighted by Gasteiger charge is 1.92. The van der Waals surface area contributed by atoms with Gasteiger partial charge in [0.15, 0.2) is 0 Å². The smallest absolute Gasteiger partial charge is 0.0700 e. The van der Waals surface area contributed by atoms with E-state index in [2.05, 4.69) is 5.32 Å². The second-order valence-electron chi connectivity index (χ2n) is 3.99. The third-order valence-corrected chi connectivity index (χ3v) is 2.30. The molecule has 0 spiro atoms. The fourth-order valence-corrected chi connectivity index (χ4v) is 1.34. The highest BCUT2D eigenvalue weighted by Crippen LogP contribution is 1.89. The van der Waals surface area contributed by atoms with Crippen LogP contribution >= 0.6 is 0 Å². The van der Waals surface area contributed by atoms with Gasteiger partial charge in [0, 0.05) is 40.1 Å². The van der Waals surface area contributed by atoms with E-state index in [0.29, 0.717) is 13.2 Å². The van der Waals surface area contributed by atoms with Crippen LogP contribution in [0.4, 0.5) is 0 Å². The minimum Gasteiger partial charge on any atom is -0.385 e. The first-order valence-electron chi connectivity index (χ1n) is 6.78. The molecular formula is C13H29NO4. The highest BCUT2D eigenvalue weighted by molar-refractivity contribution is 4.41. The molecule has 0 radical (unpaired) electrons. The molecule has 0 saturated carbocycles. The molecule has 5 heteroatoms. The van der Waals surface area contributed by atoms with Gasteiger partial charge in [-0.2, -0.15) is 0 Å². The van der Waals surface area contributed by atoms with Gasteiger partial charge in [-0.15, -0.1) is 0 Å². The van der Waals surface area contributed by atoms with Crippen LogP contribution in [0.5, 0.6) is 0 Å². The monoisotopic (exact) mass is 263 g/mol. The fraction of sp³-hybridized carbons (Fsp3) is 1.00. The summed E-state index contributed by atoms with van der Waals surface area (Å²) in [6, 6.07) is 0. The zero-order valence-corrected chi connectivity index (χ0v) is 11.9. The minimum atomic E-state index is 0.659. The van der Waals surface area contributed by atoms with E-state index in [1.807, 2.05) is 7.05 Å². The topological polar surface area (TPSA) is 49.0 Å². The summed E-state index contributed by atoms with van der Waals surface area (Å²) < 4.78 is 21.1. The van der Waals surface area contributed by atoms with Crippen LogP contribution in [-0.2, 0) is 18.9 Å². The number of ether oxygens (including phenoxy) is 4. The zero-order chi connectivity index (χ0) is 13.3. The summed E-state index contributed by atoms with van der Waals surface area (Å²) in [6.07, 6.45) is 2.95. The van der Waals surface area contributed by atoms with Crippen molar-refractivity contribution in [3.63, 3.8) is 0 Å². The van der Waals surface area contributed by atoms with Crippen molar-refractivity contribution in [1.82, 2.24) is 5.32 Å². The fourth-order valence-electron chi connectivity index (χ4n) is 1.34. The molecule has 0 aromatic rings. The van der Waals surface area contributed by atoms with Crippen molar-refractivity contribution in [3.8, 4) is 0 Å². The van der Waals surface area contributed by atoms with Crippen LogP contribution in [0.25, 0.3) is 0 Å². The van der Waals surface area contributed by atoms with Gasteiger partial charge in [-0.05, 0) is 32.9 Å². The van der Waals surface area contributed by atoms with Crippen LogP contribution in [0.1, 0.15) is 19.3 Å². The lowest BCUT2D eigenvalue weighted by Gasteiger charge is -2.06. The van der Waals surface area contributed by atoms with E-state index >= 15 is 0 Å². The molecule has 0 unspecified atom stereocenters. The van der Waals surface area contributed by atoms with Crippen molar-refractivity contribution in [2.24, 2.45) is 0 Å². The summed E-state index contributed by atoms with van der Waals surface area (Å²) in [7, 11) is 3.65.